The monoisotopic (exact) mass is 286 g/mol. The van der Waals surface area contributed by atoms with Gasteiger partial charge < -0.3 is 14.9 Å². The van der Waals surface area contributed by atoms with E-state index in [0.717, 1.165) is 0 Å². The van der Waals surface area contributed by atoms with Gasteiger partial charge >= 0.3 is 17.9 Å². The Morgan fingerprint density at radius 2 is 1.65 bits per heavy atom. The topological polar surface area (TPSA) is 101 Å². The van der Waals surface area contributed by atoms with Crippen molar-refractivity contribution < 1.29 is 29.3 Å². The third kappa shape index (κ3) is 5.86. The predicted molar refractivity (Wildman–Crippen MR) is 72.2 cm³/mol. The van der Waals surface area contributed by atoms with Crippen molar-refractivity contribution in [2.75, 3.05) is 0 Å². The summed E-state index contributed by atoms with van der Waals surface area (Å²) in [6, 6.07) is 0. The maximum atomic E-state index is 11.8. The van der Waals surface area contributed by atoms with E-state index in [-0.39, 0.29) is 18.4 Å². The number of aliphatic carboxylic acids is 2. The smallest absolute Gasteiger partial charge is 0.330 e. The Balaban J connectivity index is 4.69. The van der Waals surface area contributed by atoms with Gasteiger partial charge in [-0.05, 0) is 26.2 Å². The van der Waals surface area contributed by atoms with Crippen LogP contribution in [0.4, 0.5) is 0 Å². The third-order valence-electron chi connectivity index (χ3n) is 3.41. The average Bonchev–Trinajstić information content (AvgIpc) is 2.37. The van der Waals surface area contributed by atoms with E-state index < -0.39 is 29.4 Å². The number of carbonyl (C=O) groups is 3. The van der Waals surface area contributed by atoms with Crippen LogP contribution in [-0.4, -0.2) is 33.7 Å². The molecule has 0 aromatic carbocycles. The molecule has 0 fully saturated rings. The standard InChI is InChI=1S/C14H22O6/c1-5-14(4,6-2)20-11(15)8-10(13(18)19)7-9(3)12(16)17/h10H,3,5-8H2,1-2,4H3,(H,16,17)(H,18,19). The van der Waals surface area contributed by atoms with Crippen LogP contribution in [0.3, 0.4) is 0 Å². The Morgan fingerprint density at radius 3 is 2.00 bits per heavy atom. The number of carboxylic acids is 2. The Bertz CT molecular complexity index is 394. The largest absolute Gasteiger partial charge is 0.481 e. The number of carboxylic acid groups (broad SMARTS) is 2. The van der Waals surface area contributed by atoms with Gasteiger partial charge in [-0.15, -0.1) is 0 Å². The van der Waals surface area contributed by atoms with Gasteiger partial charge in [-0.3, -0.25) is 9.59 Å². The minimum absolute atomic E-state index is 0.237. The summed E-state index contributed by atoms with van der Waals surface area (Å²) in [7, 11) is 0. The third-order valence-corrected chi connectivity index (χ3v) is 3.41. The molecule has 0 spiro atoms. The van der Waals surface area contributed by atoms with Crippen LogP contribution in [-0.2, 0) is 19.1 Å². The Morgan fingerprint density at radius 1 is 1.15 bits per heavy atom. The number of hydrogen-bond donors (Lipinski definition) is 2. The van der Waals surface area contributed by atoms with Crippen molar-refractivity contribution in [1.82, 2.24) is 0 Å². The first-order chi connectivity index (χ1) is 9.15. The van der Waals surface area contributed by atoms with Crippen molar-refractivity contribution in [2.45, 2.75) is 52.1 Å². The number of carbonyl (C=O) groups excluding carboxylic acids is 1. The second-order valence-corrected chi connectivity index (χ2v) is 4.98. The molecule has 6 nitrogen and oxygen atoms in total. The zero-order chi connectivity index (χ0) is 15.9. The molecule has 0 aromatic rings. The lowest BCUT2D eigenvalue weighted by Crippen LogP contribution is -2.32. The van der Waals surface area contributed by atoms with Crippen LogP contribution in [0.15, 0.2) is 12.2 Å². The van der Waals surface area contributed by atoms with E-state index >= 15 is 0 Å². The summed E-state index contributed by atoms with van der Waals surface area (Å²) in [5.41, 5.74) is -0.858. The van der Waals surface area contributed by atoms with Crippen molar-refractivity contribution >= 4 is 17.9 Å². The second kappa shape index (κ2) is 7.67. The van der Waals surface area contributed by atoms with Gasteiger partial charge in [0, 0.05) is 5.57 Å². The summed E-state index contributed by atoms with van der Waals surface area (Å²) in [5, 5.41) is 17.7. The molecule has 6 heteroatoms. The molecule has 0 aliphatic heterocycles. The molecule has 0 bridgehead atoms. The molecule has 0 aliphatic carbocycles. The maximum absolute atomic E-state index is 11.8. The average molecular weight is 286 g/mol. The molecule has 1 atom stereocenters. The van der Waals surface area contributed by atoms with Crippen LogP contribution >= 0.6 is 0 Å². The van der Waals surface area contributed by atoms with Crippen molar-refractivity contribution in [3.8, 4) is 0 Å². The van der Waals surface area contributed by atoms with Crippen molar-refractivity contribution in [3.63, 3.8) is 0 Å². The van der Waals surface area contributed by atoms with Gasteiger partial charge in [0.1, 0.15) is 5.60 Å². The van der Waals surface area contributed by atoms with Gasteiger partial charge in [-0.2, -0.15) is 0 Å². The Labute approximate surface area is 118 Å². The minimum atomic E-state index is -1.27. The van der Waals surface area contributed by atoms with Gasteiger partial charge in [-0.1, -0.05) is 20.4 Å². The fourth-order valence-electron chi connectivity index (χ4n) is 1.54. The second-order valence-electron chi connectivity index (χ2n) is 4.98. The lowest BCUT2D eigenvalue weighted by atomic mass is 9.96. The first-order valence-corrected chi connectivity index (χ1v) is 6.50. The highest BCUT2D eigenvalue weighted by Gasteiger charge is 2.29. The molecule has 0 amide bonds. The van der Waals surface area contributed by atoms with Crippen LogP contribution < -0.4 is 0 Å². The first kappa shape index (κ1) is 18.1. The molecular weight excluding hydrogens is 264 g/mol. The predicted octanol–water partition coefficient (Wildman–Crippen LogP) is 2.23. The number of ether oxygens (including phenoxy) is 1. The Hall–Kier alpha value is -1.85. The van der Waals surface area contributed by atoms with Gasteiger partial charge in [0.2, 0.25) is 0 Å². The maximum Gasteiger partial charge on any atom is 0.330 e. The SMILES string of the molecule is C=C(CC(CC(=O)OC(C)(CC)CC)C(=O)O)C(=O)O. The number of esters is 1. The molecule has 0 saturated heterocycles. The summed E-state index contributed by atoms with van der Waals surface area (Å²) in [6.45, 7) is 8.80. The van der Waals surface area contributed by atoms with E-state index in [9.17, 15) is 14.4 Å². The van der Waals surface area contributed by atoms with Crippen molar-refractivity contribution in [1.29, 1.82) is 0 Å². The zero-order valence-electron chi connectivity index (χ0n) is 12.1. The minimum Gasteiger partial charge on any atom is -0.481 e. The normalized spacial score (nSPS) is 12.6. The summed E-state index contributed by atoms with van der Waals surface area (Å²) in [4.78, 5) is 33.5. The van der Waals surface area contributed by atoms with Crippen LogP contribution in [0.5, 0.6) is 0 Å². The molecule has 0 heterocycles. The van der Waals surface area contributed by atoms with Crippen LogP contribution in [0.25, 0.3) is 0 Å². The van der Waals surface area contributed by atoms with E-state index in [1.165, 1.54) is 0 Å². The lowest BCUT2D eigenvalue weighted by Gasteiger charge is -2.27. The zero-order valence-corrected chi connectivity index (χ0v) is 12.1. The first-order valence-electron chi connectivity index (χ1n) is 6.50. The molecule has 0 aromatic heterocycles. The molecular formula is C14H22O6. The molecule has 114 valence electrons. The summed E-state index contributed by atoms with van der Waals surface area (Å²) < 4.78 is 5.28. The highest BCUT2D eigenvalue weighted by Crippen LogP contribution is 2.22. The molecule has 0 radical (unpaired) electrons. The van der Waals surface area contributed by atoms with Gasteiger partial charge in [0.15, 0.2) is 0 Å². The summed E-state index contributed by atoms with van der Waals surface area (Å²) >= 11 is 0. The molecule has 20 heavy (non-hydrogen) atoms. The molecule has 0 aliphatic rings. The van der Waals surface area contributed by atoms with E-state index in [1.807, 2.05) is 13.8 Å². The number of hydrogen-bond acceptors (Lipinski definition) is 4. The Kier molecular flexibility index (Phi) is 6.96. The van der Waals surface area contributed by atoms with Crippen LogP contribution in [0.1, 0.15) is 46.5 Å². The fourth-order valence-corrected chi connectivity index (χ4v) is 1.54. The van der Waals surface area contributed by atoms with Crippen molar-refractivity contribution in [2.24, 2.45) is 5.92 Å². The highest BCUT2D eigenvalue weighted by atomic mass is 16.6. The lowest BCUT2D eigenvalue weighted by molar-refractivity contribution is -0.163. The summed E-state index contributed by atoms with van der Waals surface area (Å²) in [6.07, 6.45) is 0.593. The van der Waals surface area contributed by atoms with E-state index in [0.29, 0.717) is 12.8 Å². The van der Waals surface area contributed by atoms with E-state index in [1.54, 1.807) is 6.92 Å². The molecule has 0 saturated carbocycles. The molecule has 0 rings (SSSR count). The molecule has 2 N–H and O–H groups in total. The number of rotatable bonds is 9. The summed E-state index contributed by atoms with van der Waals surface area (Å²) in [5.74, 6) is -4.28. The van der Waals surface area contributed by atoms with E-state index in [4.69, 9.17) is 14.9 Å². The van der Waals surface area contributed by atoms with Crippen LogP contribution in [0, 0.1) is 5.92 Å². The van der Waals surface area contributed by atoms with Crippen LogP contribution in [0.2, 0.25) is 0 Å². The highest BCUT2D eigenvalue weighted by molar-refractivity contribution is 5.87. The fraction of sp³-hybridized carbons (Fsp3) is 0.643. The quantitative estimate of drug-likeness (QED) is 0.498. The van der Waals surface area contributed by atoms with Gasteiger partial charge in [0.25, 0.3) is 0 Å². The van der Waals surface area contributed by atoms with E-state index in [2.05, 4.69) is 6.58 Å². The van der Waals surface area contributed by atoms with Gasteiger partial charge in [0.05, 0.1) is 12.3 Å². The van der Waals surface area contributed by atoms with Gasteiger partial charge in [-0.25, -0.2) is 4.79 Å². The van der Waals surface area contributed by atoms with Crippen molar-refractivity contribution in [3.05, 3.63) is 12.2 Å². The molecule has 1 unspecified atom stereocenters.